The molecule has 2 nitrogen and oxygen atoms in total. The molecule has 0 saturated heterocycles. The number of nitrogens with zero attached hydrogens (tertiary/aromatic N) is 2. The molecular formula is C70H60N2. The minimum atomic E-state index is -0.455. The smallest absolute Gasteiger partial charge is 0.0629 e. The van der Waals surface area contributed by atoms with E-state index in [1.807, 2.05) is 48.5 Å². The molecule has 0 aliphatic carbocycles. The van der Waals surface area contributed by atoms with Gasteiger partial charge in [0.15, 0.2) is 0 Å². The Morgan fingerprint density at radius 1 is 0.361 bits per heavy atom. The fourth-order valence-electron chi connectivity index (χ4n) is 11.3. The van der Waals surface area contributed by atoms with Gasteiger partial charge in [-0.05, 0) is 142 Å². The molecule has 0 aromatic heterocycles. The van der Waals surface area contributed by atoms with Crippen molar-refractivity contribution in [1.29, 1.82) is 0 Å². The summed E-state index contributed by atoms with van der Waals surface area (Å²) in [4.78, 5) is 4.53. The van der Waals surface area contributed by atoms with Gasteiger partial charge in [-0.2, -0.15) is 0 Å². The maximum atomic E-state index is 9.36. The lowest BCUT2D eigenvalue weighted by atomic mass is 9.83. The molecule has 0 N–H and O–H groups in total. The molecule has 12 aromatic rings. The Kier molecular flexibility index (Phi) is 8.69. The van der Waals surface area contributed by atoms with Crippen molar-refractivity contribution in [3.05, 3.63) is 239 Å². The highest BCUT2D eigenvalue weighted by Crippen LogP contribution is 2.54. The van der Waals surface area contributed by atoms with E-state index in [1.165, 1.54) is 0 Å². The van der Waals surface area contributed by atoms with Crippen molar-refractivity contribution in [3.63, 3.8) is 0 Å². The molecule has 0 saturated carbocycles. The molecule has 2 heteroatoms. The fraction of sp³-hybridized carbons (Fsp3) is 0.143. The van der Waals surface area contributed by atoms with Gasteiger partial charge in [-0.15, -0.1) is 0 Å². The Hall–Kier alpha value is -8.20. The average molecular weight is 939 g/mol. The minimum Gasteiger partial charge on any atom is -0.308 e. The van der Waals surface area contributed by atoms with E-state index in [0.717, 1.165) is 110 Å². The third kappa shape index (κ3) is 7.39. The van der Waals surface area contributed by atoms with Crippen LogP contribution >= 0.6 is 0 Å². The third-order valence-corrected chi connectivity index (χ3v) is 14.6. The predicted octanol–water partition coefficient (Wildman–Crippen LogP) is 20.6. The maximum Gasteiger partial charge on any atom is 0.0629 e. The average Bonchev–Trinajstić information content (AvgIpc) is 3.60. The van der Waals surface area contributed by atoms with Crippen molar-refractivity contribution in [1.82, 2.24) is 0 Å². The van der Waals surface area contributed by atoms with Crippen LogP contribution in [0, 0.1) is 27.7 Å². The largest absolute Gasteiger partial charge is 0.308 e. The molecule has 350 valence electrons. The van der Waals surface area contributed by atoms with Gasteiger partial charge in [0.25, 0.3) is 0 Å². The van der Waals surface area contributed by atoms with E-state index < -0.39 is 36.3 Å². The van der Waals surface area contributed by atoms with Crippen LogP contribution in [0.1, 0.15) is 86.6 Å². The van der Waals surface area contributed by atoms with Crippen LogP contribution in [0.4, 0.5) is 34.1 Å². The molecule has 0 unspecified atom stereocenters. The monoisotopic (exact) mass is 939 g/mol. The first-order chi connectivity index (χ1) is 39.2. The Morgan fingerprint density at radius 2 is 0.736 bits per heavy atom. The van der Waals surface area contributed by atoms with E-state index in [0.29, 0.717) is 22.5 Å². The van der Waals surface area contributed by atoms with Crippen LogP contribution in [-0.2, 0) is 0 Å². The lowest BCUT2D eigenvalue weighted by molar-refractivity contribution is 0.875. The molecule has 0 aliphatic rings. The summed E-state index contributed by atoms with van der Waals surface area (Å²) < 4.78 is 90.0. The van der Waals surface area contributed by atoms with Gasteiger partial charge in [-0.1, -0.05) is 208 Å². The van der Waals surface area contributed by atoms with Gasteiger partial charge < -0.3 is 9.80 Å². The van der Waals surface area contributed by atoms with E-state index in [1.54, 1.807) is 0 Å². The summed E-state index contributed by atoms with van der Waals surface area (Å²) in [6.45, 7) is 17.2. The van der Waals surface area contributed by atoms with Gasteiger partial charge in [-0.25, -0.2) is 0 Å². The minimum absolute atomic E-state index is 0.0170. The van der Waals surface area contributed by atoms with Gasteiger partial charge in [0.2, 0.25) is 0 Å². The Bertz CT molecular complexity index is 4300. The molecule has 0 bridgehead atoms. The van der Waals surface area contributed by atoms with Crippen LogP contribution in [0.3, 0.4) is 0 Å². The summed E-state index contributed by atoms with van der Waals surface area (Å²) >= 11 is 0. The highest BCUT2D eigenvalue weighted by atomic mass is 15.2. The van der Waals surface area contributed by atoms with Gasteiger partial charge >= 0.3 is 0 Å². The van der Waals surface area contributed by atoms with Crippen molar-refractivity contribution < 1.29 is 13.7 Å². The summed E-state index contributed by atoms with van der Waals surface area (Å²) in [7, 11) is 0. The molecule has 0 radical (unpaired) electrons. The van der Waals surface area contributed by atoms with Crippen molar-refractivity contribution in [2.24, 2.45) is 0 Å². The first-order valence-corrected chi connectivity index (χ1v) is 24.9. The number of aryl methyl sites for hydroxylation is 4. The van der Waals surface area contributed by atoms with Crippen LogP contribution < -0.4 is 9.80 Å². The van der Waals surface area contributed by atoms with E-state index in [-0.39, 0.29) is 47.1 Å². The number of hydrogen-bond donors (Lipinski definition) is 0. The molecule has 12 aromatic carbocycles. The van der Waals surface area contributed by atoms with Gasteiger partial charge in [-0.3, -0.25) is 0 Å². The summed E-state index contributed by atoms with van der Waals surface area (Å²) in [6.07, 6.45) is 0. The Labute approximate surface area is 438 Å². The normalized spacial score (nSPS) is 13.8. The number of para-hydroxylation sites is 2. The van der Waals surface area contributed by atoms with Crippen LogP contribution in [0.15, 0.2) is 206 Å². The quantitative estimate of drug-likeness (QED) is 0.126. The lowest BCUT2D eigenvalue weighted by Gasteiger charge is -2.34. The molecular weight excluding hydrogens is 869 g/mol. The van der Waals surface area contributed by atoms with Crippen LogP contribution in [-0.4, -0.2) is 0 Å². The van der Waals surface area contributed by atoms with E-state index in [4.69, 9.17) is 8.22 Å². The number of benzene rings is 12. The van der Waals surface area contributed by atoms with E-state index in [9.17, 15) is 5.48 Å². The molecule has 0 spiro atoms. The Morgan fingerprint density at radius 3 is 1.14 bits per heavy atom. The highest BCUT2D eigenvalue weighted by Gasteiger charge is 2.30. The fourth-order valence-corrected chi connectivity index (χ4v) is 11.3. The molecule has 0 fully saturated rings. The first kappa shape index (κ1) is 35.0. The van der Waals surface area contributed by atoms with Gasteiger partial charge in [0, 0.05) is 32.7 Å². The summed E-state index contributed by atoms with van der Waals surface area (Å²) in [5.74, 6) is 0.0341. The molecule has 0 amide bonds. The van der Waals surface area contributed by atoms with Gasteiger partial charge in [0.05, 0.1) is 47.8 Å². The van der Waals surface area contributed by atoms with E-state index >= 15 is 0 Å². The van der Waals surface area contributed by atoms with Crippen molar-refractivity contribution >= 4 is 88.0 Å². The summed E-state index contributed by atoms with van der Waals surface area (Å²) in [5.41, 5.74) is 12.2. The topological polar surface area (TPSA) is 6.48 Å². The second-order valence-corrected chi connectivity index (χ2v) is 20.0. The summed E-state index contributed by atoms with van der Waals surface area (Å²) in [6, 6.07) is 46.5. The van der Waals surface area contributed by atoms with Crippen molar-refractivity contribution in [2.45, 2.75) is 67.2 Å². The maximum absolute atomic E-state index is 9.36. The number of anilines is 6. The zero-order valence-corrected chi connectivity index (χ0v) is 41.9. The van der Waals surface area contributed by atoms with E-state index in [2.05, 4.69) is 162 Å². The third-order valence-electron chi connectivity index (χ3n) is 14.6. The SMILES string of the molecule is [2H]c1c([2H])c([2H])c(-c2ccccc2N(c2c(C)ccc3ccc(C)cc23)c2cc(C(C)C)c3ccc4c(N(c5ccccc5-c5c([2H])c([2H])c([2H])c([2H])c5[2H])c5c(C)ccc6ccc(C)cc56)cc(C(C)C)c5ccc2c3c54)c([2H])c1[2H]. The van der Waals surface area contributed by atoms with Crippen LogP contribution in [0.25, 0.3) is 76.1 Å². The molecule has 72 heavy (non-hydrogen) atoms. The standard InChI is InChI=1S/C70H60N2/c1-43(2)59-41-65(71(63-25-17-15-23-53(63)49-19-11-9-12-20-49)69-47(7)29-33-51-31-27-45(5)39-61(51)69)57-38-36-56-60(44(3)4)42-66(58-37-35-55(59)67(57)68(56)58)72(64-26-18-16-24-54(64)50-21-13-10-14-22-50)70-48(8)30-34-52-32-28-46(6)40-62(52)70/h9-44H,1-8H3/i9D,10D,11D,12D,13D,14D,19D,20D,21D,22D. The zero-order chi connectivity index (χ0) is 58.1. The molecule has 0 heterocycles. The Balaban J connectivity index is 1.27. The highest BCUT2D eigenvalue weighted by molar-refractivity contribution is 6.30. The molecule has 0 atom stereocenters. The zero-order valence-electron chi connectivity index (χ0n) is 51.9. The predicted molar refractivity (Wildman–Crippen MR) is 313 cm³/mol. The first-order valence-electron chi connectivity index (χ1n) is 29.9. The van der Waals surface area contributed by atoms with Crippen LogP contribution in [0.2, 0.25) is 0 Å². The second kappa shape index (κ2) is 17.9. The van der Waals surface area contributed by atoms with Crippen molar-refractivity contribution in [2.75, 3.05) is 9.80 Å². The number of rotatable bonds is 10. The molecule has 12 rings (SSSR count). The molecule has 0 aliphatic heterocycles. The number of hydrogen-bond acceptors (Lipinski definition) is 2. The van der Waals surface area contributed by atoms with Crippen LogP contribution in [0.5, 0.6) is 0 Å². The second-order valence-electron chi connectivity index (χ2n) is 20.0. The van der Waals surface area contributed by atoms with Gasteiger partial charge in [0.1, 0.15) is 0 Å². The lowest BCUT2D eigenvalue weighted by Crippen LogP contribution is -2.15. The summed E-state index contributed by atoms with van der Waals surface area (Å²) in [5, 5.41) is 10.1. The number of fused-ring (bicyclic) bond motifs is 2. The van der Waals surface area contributed by atoms with Crippen molar-refractivity contribution in [3.8, 4) is 22.3 Å².